The lowest BCUT2D eigenvalue weighted by Gasteiger charge is -2.36. The molecule has 2 aliphatic rings. The van der Waals surface area contributed by atoms with Gasteiger partial charge in [-0.3, -0.25) is 9.59 Å². The van der Waals surface area contributed by atoms with Crippen molar-refractivity contribution in [2.24, 2.45) is 0 Å². The molecular formula is C32H33F3N2O6S. The third-order valence-corrected chi connectivity index (χ3v) is 8.80. The van der Waals surface area contributed by atoms with Crippen molar-refractivity contribution in [3.8, 4) is 5.75 Å². The summed E-state index contributed by atoms with van der Waals surface area (Å²) in [6.45, 7) is -0.178. The molecule has 0 spiro atoms. The van der Waals surface area contributed by atoms with Crippen molar-refractivity contribution in [1.82, 2.24) is 4.90 Å². The Hall–Kier alpha value is -3.58. The predicted molar refractivity (Wildman–Crippen MR) is 158 cm³/mol. The number of para-hydroxylation sites is 1. The number of benzene rings is 3. The van der Waals surface area contributed by atoms with Crippen molar-refractivity contribution in [3.05, 3.63) is 89.5 Å². The van der Waals surface area contributed by atoms with Gasteiger partial charge >= 0.3 is 12.1 Å². The van der Waals surface area contributed by atoms with E-state index < -0.39 is 30.3 Å². The lowest BCUT2D eigenvalue weighted by molar-refractivity contribution is -0.245. The normalized spacial score (nSPS) is 22.1. The van der Waals surface area contributed by atoms with Crippen molar-refractivity contribution in [2.45, 2.75) is 61.5 Å². The number of nitrogens with one attached hydrogen (secondary N) is 1. The van der Waals surface area contributed by atoms with Crippen LogP contribution in [-0.2, 0) is 25.7 Å². The molecule has 2 fully saturated rings. The zero-order chi connectivity index (χ0) is 31.3. The van der Waals surface area contributed by atoms with E-state index in [9.17, 15) is 27.9 Å². The molecule has 4 unspecified atom stereocenters. The molecule has 2 heterocycles. The van der Waals surface area contributed by atoms with Gasteiger partial charge in [-0.05, 0) is 48.2 Å². The van der Waals surface area contributed by atoms with Gasteiger partial charge in [0.1, 0.15) is 11.8 Å². The van der Waals surface area contributed by atoms with Crippen LogP contribution in [0.3, 0.4) is 0 Å². The Labute approximate surface area is 257 Å². The molecule has 8 nitrogen and oxygen atoms in total. The molecule has 0 aliphatic carbocycles. The molecule has 0 saturated carbocycles. The zero-order valence-electron chi connectivity index (χ0n) is 24.0. The number of nitrogens with zero attached hydrogens (tertiary/aromatic N) is 1. The van der Waals surface area contributed by atoms with E-state index in [1.807, 2.05) is 48.5 Å². The monoisotopic (exact) mass is 630 g/mol. The van der Waals surface area contributed by atoms with Crippen LogP contribution < -0.4 is 10.1 Å². The lowest BCUT2D eigenvalue weighted by atomic mass is 10.0. The summed E-state index contributed by atoms with van der Waals surface area (Å²) in [7, 11) is 1.63. The number of rotatable bonds is 9. The maximum absolute atomic E-state index is 13.0. The van der Waals surface area contributed by atoms with E-state index >= 15 is 0 Å². The van der Waals surface area contributed by atoms with Gasteiger partial charge in [0, 0.05) is 34.9 Å². The highest BCUT2D eigenvalue weighted by Crippen LogP contribution is 2.40. The van der Waals surface area contributed by atoms with Crippen molar-refractivity contribution < 1.29 is 42.1 Å². The van der Waals surface area contributed by atoms with Gasteiger partial charge in [-0.1, -0.05) is 48.5 Å². The number of halogens is 3. The number of alkyl halides is 3. The molecule has 4 atom stereocenters. The van der Waals surface area contributed by atoms with Gasteiger partial charge in [-0.2, -0.15) is 13.2 Å². The summed E-state index contributed by atoms with van der Waals surface area (Å²) in [6.07, 6.45) is -5.17. The Morgan fingerprint density at radius 1 is 1.02 bits per heavy atom. The first-order chi connectivity index (χ1) is 21.2. The molecule has 2 saturated heterocycles. The molecule has 2 amide bonds. The first-order valence-electron chi connectivity index (χ1n) is 14.2. The van der Waals surface area contributed by atoms with Crippen LogP contribution >= 0.6 is 11.8 Å². The number of methoxy groups -OCH3 is 1. The number of aliphatic hydroxyl groups excluding tert-OH is 1. The maximum atomic E-state index is 13.0. The van der Waals surface area contributed by atoms with Crippen molar-refractivity contribution in [3.63, 3.8) is 0 Å². The van der Waals surface area contributed by atoms with Crippen molar-refractivity contribution >= 4 is 29.3 Å². The number of thioether (sulfide) groups is 1. The molecule has 0 aromatic heterocycles. The SMILES string of the molecule is COc1ccccc1SCC1CC(c2ccc(CO)cc2)OC(c2ccc(NC(=O)C3CCCN3C(=O)C(F)(F)F)cc2)O1. The Bertz CT molecular complexity index is 1440. The fraction of sp³-hybridized carbons (Fsp3) is 0.375. The van der Waals surface area contributed by atoms with Crippen LogP contribution in [0, 0.1) is 0 Å². The van der Waals surface area contributed by atoms with Gasteiger partial charge in [0.2, 0.25) is 5.91 Å². The Balaban J connectivity index is 1.29. The predicted octanol–water partition coefficient (Wildman–Crippen LogP) is 6.02. The summed E-state index contributed by atoms with van der Waals surface area (Å²) in [5.74, 6) is -1.26. The summed E-state index contributed by atoms with van der Waals surface area (Å²) in [5, 5.41) is 12.1. The van der Waals surface area contributed by atoms with Gasteiger partial charge in [0.15, 0.2) is 6.29 Å². The third kappa shape index (κ3) is 7.55. The fourth-order valence-electron chi connectivity index (χ4n) is 5.34. The number of hydrogen-bond donors (Lipinski definition) is 2. The number of amides is 2. The minimum Gasteiger partial charge on any atom is -0.496 e. The Kier molecular flexibility index (Phi) is 10.1. The van der Waals surface area contributed by atoms with Crippen LogP contribution in [0.25, 0.3) is 0 Å². The van der Waals surface area contributed by atoms with Crippen molar-refractivity contribution in [2.75, 3.05) is 24.7 Å². The van der Waals surface area contributed by atoms with Crippen LogP contribution in [0.2, 0.25) is 0 Å². The first kappa shape index (κ1) is 31.8. The minimum absolute atomic E-state index is 0.0595. The quantitative estimate of drug-likeness (QED) is 0.279. The first-order valence-corrected chi connectivity index (χ1v) is 15.2. The largest absolute Gasteiger partial charge is 0.496 e. The molecule has 0 radical (unpaired) electrons. The molecule has 12 heteroatoms. The topological polar surface area (TPSA) is 97.3 Å². The van der Waals surface area contributed by atoms with Crippen LogP contribution in [0.15, 0.2) is 77.7 Å². The summed E-state index contributed by atoms with van der Waals surface area (Å²) < 4.78 is 57.2. The summed E-state index contributed by atoms with van der Waals surface area (Å²) >= 11 is 1.62. The van der Waals surface area contributed by atoms with E-state index in [4.69, 9.17) is 14.2 Å². The number of carbonyl (C=O) groups is 2. The number of aliphatic hydroxyl groups is 1. The fourth-order valence-corrected chi connectivity index (χ4v) is 6.39. The highest BCUT2D eigenvalue weighted by molar-refractivity contribution is 7.99. The van der Waals surface area contributed by atoms with Gasteiger partial charge in [0.05, 0.1) is 25.9 Å². The molecule has 234 valence electrons. The molecule has 2 aliphatic heterocycles. The van der Waals surface area contributed by atoms with Gasteiger partial charge < -0.3 is 29.5 Å². The third-order valence-electron chi connectivity index (χ3n) is 7.62. The average Bonchev–Trinajstić information content (AvgIpc) is 3.53. The zero-order valence-corrected chi connectivity index (χ0v) is 24.8. The standard InChI is InChI=1S/C32H33F3N2O6S/c1-41-26-6-2-3-7-28(26)44-19-24-17-27(21-10-8-20(18-38)9-11-21)43-30(42-24)22-12-14-23(15-13-22)36-29(39)25-5-4-16-37(25)31(40)32(33,34)35/h2-3,6-15,24-25,27,30,38H,4-5,16-19H2,1H3,(H,36,39). The molecule has 3 aromatic carbocycles. The van der Waals surface area contributed by atoms with Gasteiger partial charge in [0.25, 0.3) is 0 Å². The Morgan fingerprint density at radius 3 is 2.41 bits per heavy atom. The molecule has 3 aromatic rings. The van der Waals surface area contributed by atoms with Crippen molar-refractivity contribution in [1.29, 1.82) is 0 Å². The highest BCUT2D eigenvalue weighted by atomic mass is 32.2. The minimum atomic E-state index is -5.03. The summed E-state index contributed by atoms with van der Waals surface area (Å²) in [5.41, 5.74) is 2.81. The van der Waals surface area contributed by atoms with Crippen LogP contribution in [0.5, 0.6) is 5.75 Å². The second-order valence-corrected chi connectivity index (χ2v) is 11.6. The molecular weight excluding hydrogens is 597 g/mol. The second-order valence-electron chi connectivity index (χ2n) is 10.6. The molecule has 0 bridgehead atoms. The van der Waals surface area contributed by atoms with E-state index in [1.165, 1.54) is 0 Å². The van der Waals surface area contributed by atoms with E-state index in [1.54, 1.807) is 43.1 Å². The van der Waals surface area contributed by atoms with E-state index in [2.05, 4.69) is 5.32 Å². The number of carbonyl (C=O) groups excluding carboxylic acids is 2. The molecule has 5 rings (SSSR count). The maximum Gasteiger partial charge on any atom is 0.471 e. The van der Waals surface area contributed by atoms with Crippen LogP contribution in [0.1, 0.15) is 48.3 Å². The summed E-state index contributed by atoms with van der Waals surface area (Å²) in [4.78, 5) is 26.2. The van der Waals surface area contributed by atoms with Crippen LogP contribution in [-0.4, -0.2) is 59.6 Å². The number of ether oxygens (including phenoxy) is 3. The number of anilines is 1. The lowest BCUT2D eigenvalue weighted by Crippen LogP contribution is -2.48. The second kappa shape index (κ2) is 14.0. The molecule has 2 N–H and O–H groups in total. The number of likely N-dealkylation sites (tertiary alicyclic amines) is 1. The van der Waals surface area contributed by atoms with Crippen LogP contribution in [0.4, 0.5) is 18.9 Å². The number of hydrogen-bond acceptors (Lipinski definition) is 7. The summed E-state index contributed by atoms with van der Waals surface area (Å²) in [6, 6.07) is 20.8. The van der Waals surface area contributed by atoms with E-state index in [-0.39, 0.29) is 31.8 Å². The Morgan fingerprint density at radius 2 is 1.73 bits per heavy atom. The van der Waals surface area contributed by atoms with E-state index in [0.717, 1.165) is 21.8 Å². The van der Waals surface area contributed by atoms with E-state index in [0.29, 0.717) is 34.7 Å². The smallest absolute Gasteiger partial charge is 0.471 e. The van der Waals surface area contributed by atoms with Gasteiger partial charge in [-0.25, -0.2) is 0 Å². The highest BCUT2D eigenvalue weighted by Gasteiger charge is 2.47. The average molecular weight is 631 g/mol. The van der Waals surface area contributed by atoms with Gasteiger partial charge in [-0.15, -0.1) is 11.8 Å². The molecule has 44 heavy (non-hydrogen) atoms.